The van der Waals surface area contributed by atoms with Crippen molar-refractivity contribution in [2.45, 2.75) is 13.5 Å². The van der Waals surface area contributed by atoms with Crippen molar-refractivity contribution >= 4 is 23.1 Å². The molecule has 7 heteroatoms. The van der Waals surface area contributed by atoms with Crippen LogP contribution < -0.4 is 11.1 Å². The van der Waals surface area contributed by atoms with Crippen LogP contribution in [0.5, 0.6) is 5.75 Å². The fourth-order valence-corrected chi connectivity index (χ4v) is 1.98. The molecule has 0 bridgehead atoms. The van der Waals surface area contributed by atoms with Crippen LogP contribution in [0.15, 0.2) is 17.5 Å². The Morgan fingerprint density at radius 1 is 1.50 bits per heavy atom. The van der Waals surface area contributed by atoms with Crippen molar-refractivity contribution in [1.29, 1.82) is 0 Å². The Labute approximate surface area is 108 Å². The number of thiazole rings is 1. The average Bonchev–Trinajstić information content (AvgIpc) is 2.82. The summed E-state index contributed by atoms with van der Waals surface area (Å²) in [5, 5.41) is 14.4. The molecule has 0 aliphatic rings. The summed E-state index contributed by atoms with van der Waals surface area (Å²) in [5.74, 6) is -0.370. The smallest absolute Gasteiger partial charge is 0.276 e. The molecule has 0 saturated heterocycles. The molecule has 2 aromatic heterocycles. The van der Waals surface area contributed by atoms with Crippen molar-refractivity contribution < 1.29 is 9.90 Å². The number of anilines is 1. The molecule has 2 rings (SSSR count). The lowest BCUT2D eigenvalue weighted by atomic mass is 10.3. The molecule has 1 amide bonds. The molecule has 0 aliphatic heterocycles. The molecule has 0 aliphatic carbocycles. The van der Waals surface area contributed by atoms with E-state index >= 15 is 0 Å². The first kappa shape index (κ1) is 12.5. The number of nitrogens with two attached hydrogens (primary N) is 1. The molecule has 0 aromatic carbocycles. The zero-order valence-electron chi connectivity index (χ0n) is 9.67. The second-order valence-corrected chi connectivity index (χ2v) is 4.55. The fraction of sp³-hybridized carbons (Fsp3) is 0.182. The Morgan fingerprint density at radius 2 is 2.28 bits per heavy atom. The van der Waals surface area contributed by atoms with Gasteiger partial charge in [0.2, 0.25) is 0 Å². The Hall–Kier alpha value is -1.99. The van der Waals surface area contributed by atoms with Gasteiger partial charge < -0.3 is 16.2 Å². The summed E-state index contributed by atoms with van der Waals surface area (Å²) in [6.07, 6.45) is 0. The summed E-state index contributed by atoms with van der Waals surface area (Å²) in [6.45, 7) is 2.07. The number of hydrogen-bond acceptors (Lipinski definition) is 6. The van der Waals surface area contributed by atoms with Crippen molar-refractivity contribution in [3.05, 3.63) is 33.9 Å². The van der Waals surface area contributed by atoms with Gasteiger partial charge in [-0.25, -0.2) is 9.97 Å². The first-order chi connectivity index (χ1) is 8.60. The SMILES string of the molecule is Cc1ccc(O)c(NC(=O)c2csc(CN)n2)n1. The average molecular weight is 264 g/mol. The van der Waals surface area contributed by atoms with Gasteiger partial charge in [0.05, 0.1) is 0 Å². The monoisotopic (exact) mass is 264 g/mol. The Bertz CT molecular complexity index is 582. The van der Waals surface area contributed by atoms with Crippen LogP contribution in [0, 0.1) is 6.92 Å². The third-order valence-electron chi connectivity index (χ3n) is 2.20. The molecule has 0 fully saturated rings. The van der Waals surface area contributed by atoms with E-state index < -0.39 is 5.91 Å². The Balaban J connectivity index is 2.18. The predicted molar refractivity (Wildman–Crippen MR) is 68.6 cm³/mol. The lowest BCUT2D eigenvalue weighted by Gasteiger charge is -2.05. The van der Waals surface area contributed by atoms with Gasteiger partial charge in [-0.2, -0.15) is 0 Å². The molecular weight excluding hydrogens is 252 g/mol. The molecule has 0 unspecified atom stereocenters. The lowest BCUT2D eigenvalue weighted by molar-refractivity contribution is 0.102. The van der Waals surface area contributed by atoms with Crippen LogP contribution in [0.3, 0.4) is 0 Å². The maximum absolute atomic E-state index is 11.8. The van der Waals surface area contributed by atoms with Gasteiger partial charge in [-0.1, -0.05) is 0 Å². The molecule has 0 radical (unpaired) electrons. The van der Waals surface area contributed by atoms with E-state index in [2.05, 4.69) is 15.3 Å². The first-order valence-electron chi connectivity index (χ1n) is 5.22. The fourth-order valence-electron chi connectivity index (χ4n) is 1.32. The largest absolute Gasteiger partial charge is 0.504 e. The second-order valence-electron chi connectivity index (χ2n) is 3.61. The van der Waals surface area contributed by atoms with E-state index in [0.29, 0.717) is 17.2 Å². The number of nitrogens with one attached hydrogen (secondary N) is 1. The van der Waals surface area contributed by atoms with Gasteiger partial charge in [0.25, 0.3) is 5.91 Å². The van der Waals surface area contributed by atoms with E-state index in [0.717, 1.165) is 0 Å². The highest BCUT2D eigenvalue weighted by molar-refractivity contribution is 7.09. The van der Waals surface area contributed by atoms with E-state index in [-0.39, 0.29) is 17.3 Å². The first-order valence-corrected chi connectivity index (χ1v) is 6.10. The van der Waals surface area contributed by atoms with E-state index in [9.17, 15) is 9.90 Å². The Kier molecular flexibility index (Phi) is 3.54. The summed E-state index contributed by atoms with van der Waals surface area (Å²) < 4.78 is 0. The van der Waals surface area contributed by atoms with Crippen molar-refractivity contribution in [1.82, 2.24) is 9.97 Å². The van der Waals surface area contributed by atoms with Crippen molar-refractivity contribution in [2.24, 2.45) is 5.73 Å². The molecule has 0 atom stereocenters. The van der Waals surface area contributed by atoms with Crippen LogP contribution in [0.2, 0.25) is 0 Å². The van der Waals surface area contributed by atoms with Crippen LogP contribution in [0.4, 0.5) is 5.82 Å². The number of carbonyl (C=O) groups is 1. The van der Waals surface area contributed by atoms with Gasteiger partial charge in [0.1, 0.15) is 10.7 Å². The van der Waals surface area contributed by atoms with E-state index in [1.165, 1.54) is 17.4 Å². The standard InChI is InChI=1S/C11H12N4O2S/c1-6-2-3-8(16)10(13-6)15-11(17)7-5-18-9(4-12)14-7/h2-3,5,16H,4,12H2,1H3,(H,13,15,17). The van der Waals surface area contributed by atoms with Crippen molar-refractivity contribution in [2.75, 3.05) is 5.32 Å². The van der Waals surface area contributed by atoms with Gasteiger partial charge in [0.15, 0.2) is 11.6 Å². The number of rotatable bonds is 3. The zero-order valence-corrected chi connectivity index (χ0v) is 10.5. The van der Waals surface area contributed by atoms with E-state index in [4.69, 9.17) is 5.73 Å². The minimum atomic E-state index is -0.417. The predicted octanol–water partition coefficient (Wildman–Crippen LogP) is 1.26. The summed E-state index contributed by atoms with van der Waals surface area (Å²) in [7, 11) is 0. The molecule has 18 heavy (non-hydrogen) atoms. The highest BCUT2D eigenvalue weighted by atomic mass is 32.1. The number of amides is 1. The molecule has 94 valence electrons. The molecule has 2 aromatic rings. The minimum Gasteiger partial charge on any atom is -0.504 e. The molecule has 4 N–H and O–H groups in total. The Morgan fingerprint density at radius 3 is 2.94 bits per heavy atom. The number of carbonyl (C=O) groups excluding carboxylic acids is 1. The second kappa shape index (κ2) is 5.11. The van der Waals surface area contributed by atoms with Crippen molar-refractivity contribution in [3.63, 3.8) is 0 Å². The van der Waals surface area contributed by atoms with Gasteiger partial charge >= 0.3 is 0 Å². The third-order valence-corrected chi connectivity index (χ3v) is 3.08. The molecular formula is C11H12N4O2S. The molecule has 0 spiro atoms. The summed E-state index contributed by atoms with van der Waals surface area (Å²) in [5.41, 5.74) is 6.39. The highest BCUT2D eigenvalue weighted by Gasteiger charge is 2.13. The third kappa shape index (κ3) is 2.63. The number of aryl methyl sites for hydroxylation is 1. The normalized spacial score (nSPS) is 10.3. The zero-order chi connectivity index (χ0) is 13.1. The topological polar surface area (TPSA) is 101 Å². The number of pyridine rings is 1. The number of aromatic nitrogens is 2. The summed E-state index contributed by atoms with van der Waals surface area (Å²) in [6, 6.07) is 3.13. The quantitative estimate of drug-likeness (QED) is 0.774. The van der Waals surface area contributed by atoms with E-state index in [1.54, 1.807) is 18.4 Å². The van der Waals surface area contributed by atoms with Crippen LogP contribution in [-0.4, -0.2) is 21.0 Å². The van der Waals surface area contributed by atoms with Crippen LogP contribution in [0.1, 0.15) is 21.2 Å². The van der Waals surface area contributed by atoms with Crippen LogP contribution in [-0.2, 0) is 6.54 Å². The lowest BCUT2D eigenvalue weighted by Crippen LogP contribution is -2.14. The molecule has 0 saturated carbocycles. The van der Waals surface area contributed by atoms with Gasteiger partial charge in [-0.3, -0.25) is 4.79 Å². The maximum Gasteiger partial charge on any atom is 0.276 e. The number of nitrogens with zero attached hydrogens (tertiary/aromatic N) is 2. The van der Waals surface area contributed by atoms with Gasteiger partial charge in [-0.05, 0) is 19.1 Å². The summed E-state index contributed by atoms with van der Waals surface area (Å²) in [4.78, 5) is 19.9. The highest BCUT2D eigenvalue weighted by Crippen LogP contribution is 2.21. The van der Waals surface area contributed by atoms with Gasteiger partial charge in [-0.15, -0.1) is 11.3 Å². The number of hydrogen-bond donors (Lipinski definition) is 3. The van der Waals surface area contributed by atoms with Crippen molar-refractivity contribution in [3.8, 4) is 5.75 Å². The number of aromatic hydroxyl groups is 1. The van der Waals surface area contributed by atoms with E-state index in [1.807, 2.05) is 0 Å². The van der Waals surface area contributed by atoms with Crippen LogP contribution in [0.25, 0.3) is 0 Å². The molecule has 2 heterocycles. The minimum absolute atomic E-state index is 0.0803. The summed E-state index contributed by atoms with van der Waals surface area (Å²) >= 11 is 1.32. The van der Waals surface area contributed by atoms with Gasteiger partial charge in [0, 0.05) is 17.6 Å². The van der Waals surface area contributed by atoms with Crippen LogP contribution >= 0.6 is 11.3 Å². The molecule has 6 nitrogen and oxygen atoms in total. The maximum atomic E-state index is 11.8.